The highest BCUT2D eigenvalue weighted by Gasteiger charge is 2.38. The zero-order valence-corrected chi connectivity index (χ0v) is 25.4. The first kappa shape index (κ1) is 32.7. The molecule has 1 aromatic carbocycles. The maximum atomic E-state index is 12.4. The number of likely N-dealkylation sites (N-methyl/N-ethyl adjacent to an activating group) is 1. The fourth-order valence-corrected chi connectivity index (χ4v) is 5.33. The quantitative estimate of drug-likeness (QED) is 0.291. The predicted octanol–water partition coefficient (Wildman–Crippen LogP) is 3.42. The summed E-state index contributed by atoms with van der Waals surface area (Å²) < 4.78 is 28.2. The van der Waals surface area contributed by atoms with Crippen LogP contribution >= 0.6 is 0 Å². The third kappa shape index (κ3) is 9.15. The van der Waals surface area contributed by atoms with E-state index in [0.29, 0.717) is 66.1 Å². The summed E-state index contributed by atoms with van der Waals surface area (Å²) in [5.74, 6) is -0.252. The van der Waals surface area contributed by atoms with Gasteiger partial charge in [0.25, 0.3) is 5.70 Å². The lowest BCUT2D eigenvalue weighted by atomic mass is 9.83. The van der Waals surface area contributed by atoms with E-state index in [2.05, 4.69) is 41.8 Å². The molecule has 2 heterocycles. The molecular weight excluding hydrogens is 554 g/mol. The SMILES string of the molecule is CN1/C(=C\C=C2\C=C([N+](=O)[O-])C=CC2=O)C(C)(C)c2ccc(CN3CCOCCOCCOCCOCCOCC3)cc21. The first-order chi connectivity index (χ1) is 20.8. The van der Waals surface area contributed by atoms with Crippen molar-refractivity contribution in [2.24, 2.45) is 0 Å². The van der Waals surface area contributed by atoms with Crippen LogP contribution in [-0.4, -0.2) is 102 Å². The summed E-state index contributed by atoms with van der Waals surface area (Å²) in [7, 11) is 2.01. The van der Waals surface area contributed by atoms with Crippen LogP contribution in [0.4, 0.5) is 5.69 Å². The Labute approximate surface area is 253 Å². The fourth-order valence-electron chi connectivity index (χ4n) is 5.33. The predicted molar refractivity (Wildman–Crippen MR) is 163 cm³/mol. The molecule has 0 unspecified atom stereocenters. The summed E-state index contributed by atoms with van der Waals surface area (Å²) >= 11 is 0. The molecule has 0 saturated carbocycles. The number of nitrogens with zero attached hydrogens (tertiary/aromatic N) is 3. The van der Waals surface area contributed by atoms with E-state index in [1.54, 1.807) is 6.08 Å². The zero-order valence-electron chi connectivity index (χ0n) is 25.4. The Morgan fingerprint density at radius 1 is 0.860 bits per heavy atom. The van der Waals surface area contributed by atoms with Crippen LogP contribution in [0.1, 0.15) is 25.0 Å². The largest absolute Gasteiger partial charge is 0.378 e. The molecule has 0 N–H and O–H groups in total. The van der Waals surface area contributed by atoms with Crippen LogP contribution in [0, 0.1) is 10.1 Å². The van der Waals surface area contributed by atoms with Crippen LogP contribution in [-0.2, 0) is 40.4 Å². The van der Waals surface area contributed by atoms with Gasteiger partial charge < -0.3 is 28.6 Å². The molecule has 0 radical (unpaired) electrons. The highest BCUT2D eigenvalue weighted by atomic mass is 16.6. The average Bonchev–Trinajstić information content (AvgIpc) is 3.17. The number of carbonyl (C=O) groups excluding carboxylic acids is 1. The topological polar surface area (TPSA) is 113 Å². The normalized spacial score (nSPS) is 23.6. The minimum Gasteiger partial charge on any atom is -0.378 e. The monoisotopic (exact) mass is 597 g/mol. The Kier molecular flexibility index (Phi) is 12.2. The van der Waals surface area contributed by atoms with Gasteiger partial charge in [0.15, 0.2) is 5.78 Å². The molecule has 0 aromatic heterocycles. The van der Waals surface area contributed by atoms with Gasteiger partial charge in [0.1, 0.15) is 0 Å². The van der Waals surface area contributed by atoms with E-state index in [0.717, 1.165) is 31.0 Å². The highest BCUT2D eigenvalue weighted by molar-refractivity contribution is 6.07. The Hall–Kier alpha value is -3.19. The Balaban J connectivity index is 1.44. The fraction of sp³-hybridized carbons (Fsp3) is 0.531. The van der Waals surface area contributed by atoms with Gasteiger partial charge in [-0.15, -0.1) is 0 Å². The molecule has 11 heteroatoms. The number of fused-ring (bicyclic) bond motifs is 1. The van der Waals surface area contributed by atoms with Crippen LogP contribution in [0.3, 0.4) is 0 Å². The Morgan fingerprint density at radius 2 is 1.42 bits per heavy atom. The molecule has 234 valence electrons. The molecule has 2 aliphatic heterocycles. The van der Waals surface area contributed by atoms with Crippen LogP contribution in [0.25, 0.3) is 0 Å². The second-order valence-corrected chi connectivity index (χ2v) is 11.1. The lowest BCUT2D eigenvalue weighted by Gasteiger charge is -2.23. The number of rotatable bonds is 4. The van der Waals surface area contributed by atoms with Gasteiger partial charge in [-0.3, -0.25) is 19.8 Å². The van der Waals surface area contributed by atoms with Crippen LogP contribution in [0.15, 0.2) is 65.5 Å². The summed E-state index contributed by atoms with van der Waals surface area (Å²) in [5.41, 5.74) is 4.31. The van der Waals surface area contributed by atoms with Gasteiger partial charge in [0.2, 0.25) is 0 Å². The van der Waals surface area contributed by atoms with E-state index < -0.39 is 4.92 Å². The van der Waals surface area contributed by atoms with E-state index in [1.165, 1.54) is 29.4 Å². The third-order valence-electron chi connectivity index (χ3n) is 7.72. The van der Waals surface area contributed by atoms with Gasteiger partial charge in [-0.1, -0.05) is 26.0 Å². The second-order valence-electron chi connectivity index (χ2n) is 11.1. The molecule has 43 heavy (non-hydrogen) atoms. The van der Waals surface area contributed by atoms with Crippen molar-refractivity contribution < 1.29 is 33.4 Å². The minimum absolute atomic E-state index is 0.103. The van der Waals surface area contributed by atoms with Gasteiger partial charge >= 0.3 is 0 Å². The number of carbonyl (C=O) groups is 1. The van der Waals surface area contributed by atoms with Crippen LogP contribution < -0.4 is 4.90 Å². The van der Waals surface area contributed by atoms with Crippen LogP contribution in [0.2, 0.25) is 0 Å². The summed E-state index contributed by atoms with van der Waals surface area (Å²) in [6.07, 6.45) is 7.36. The van der Waals surface area contributed by atoms with Crippen molar-refractivity contribution in [1.82, 2.24) is 4.90 Å². The number of benzene rings is 1. The first-order valence-corrected chi connectivity index (χ1v) is 14.8. The van der Waals surface area contributed by atoms with Crippen molar-refractivity contribution in [1.29, 1.82) is 0 Å². The van der Waals surface area contributed by atoms with Crippen LogP contribution in [0.5, 0.6) is 0 Å². The van der Waals surface area contributed by atoms with Crippen molar-refractivity contribution >= 4 is 11.5 Å². The van der Waals surface area contributed by atoms with Crippen molar-refractivity contribution in [3.63, 3.8) is 0 Å². The van der Waals surface area contributed by atoms with Gasteiger partial charge in [0.05, 0.1) is 71.0 Å². The van der Waals surface area contributed by atoms with Gasteiger partial charge in [-0.25, -0.2) is 0 Å². The van der Waals surface area contributed by atoms with E-state index in [1.807, 2.05) is 13.1 Å². The van der Waals surface area contributed by atoms with Crippen molar-refractivity contribution in [2.75, 3.05) is 91.1 Å². The highest BCUT2D eigenvalue weighted by Crippen LogP contribution is 2.47. The Morgan fingerprint density at radius 3 is 1.98 bits per heavy atom. The smallest absolute Gasteiger partial charge is 0.270 e. The molecule has 3 aliphatic rings. The van der Waals surface area contributed by atoms with E-state index >= 15 is 0 Å². The maximum absolute atomic E-state index is 12.4. The minimum atomic E-state index is -0.491. The summed E-state index contributed by atoms with van der Waals surface area (Å²) in [4.78, 5) is 27.5. The molecule has 0 amide bonds. The molecule has 0 atom stereocenters. The molecule has 1 saturated heterocycles. The third-order valence-corrected chi connectivity index (χ3v) is 7.72. The number of allylic oxidation sites excluding steroid dienone is 7. The second kappa shape index (κ2) is 16.0. The van der Waals surface area contributed by atoms with Crippen molar-refractivity contribution in [3.8, 4) is 0 Å². The van der Waals surface area contributed by atoms with E-state index in [9.17, 15) is 14.9 Å². The molecule has 0 spiro atoms. The number of ketones is 1. The molecular formula is C32H43N3O8. The number of anilines is 1. The first-order valence-electron chi connectivity index (χ1n) is 14.8. The number of nitro groups is 1. The molecule has 1 aromatic rings. The lowest BCUT2D eigenvalue weighted by molar-refractivity contribution is -0.419. The molecule has 0 bridgehead atoms. The van der Waals surface area contributed by atoms with Gasteiger partial charge in [0, 0.05) is 61.2 Å². The summed E-state index contributed by atoms with van der Waals surface area (Å²) in [6, 6.07) is 6.54. The zero-order chi connectivity index (χ0) is 30.7. The van der Waals surface area contributed by atoms with Gasteiger partial charge in [-0.05, 0) is 35.4 Å². The summed E-state index contributed by atoms with van der Waals surface area (Å²) in [6.45, 7) is 12.0. The Bertz CT molecular complexity index is 1230. The lowest BCUT2D eigenvalue weighted by Crippen LogP contribution is -2.31. The van der Waals surface area contributed by atoms with E-state index in [-0.39, 0.29) is 22.5 Å². The number of hydrogen-bond acceptors (Lipinski definition) is 10. The molecule has 4 rings (SSSR count). The standard InChI is InChI=1S/C32H43N3O8/c1-32(2)28-7-4-25(22-29(28)33(3)31(32)9-5-26-23-27(35(37)38)6-8-30(26)36)24-34-10-12-39-14-16-41-18-20-43-21-19-42-17-15-40-13-11-34/h4-9,22-23H,10-21,24H2,1-3H3/b26-5-,31-9-. The van der Waals surface area contributed by atoms with Crippen molar-refractivity contribution in [2.45, 2.75) is 25.8 Å². The molecule has 11 nitrogen and oxygen atoms in total. The number of ether oxygens (including phenoxy) is 5. The van der Waals surface area contributed by atoms with Gasteiger partial charge in [-0.2, -0.15) is 0 Å². The molecule has 1 aliphatic carbocycles. The number of hydrogen-bond donors (Lipinski definition) is 0. The molecule has 1 fully saturated rings. The van der Waals surface area contributed by atoms with E-state index in [4.69, 9.17) is 23.7 Å². The average molecular weight is 598 g/mol. The summed E-state index contributed by atoms with van der Waals surface area (Å²) in [5, 5.41) is 11.2. The van der Waals surface area contributed by atoms with Crippen molar-refractivity contribution in [3.05, 3.63) is 86.8 Å². The maximum Gasteiger partial charge on any atom is 0.270 e.